The van der Waals surface area contributed by atoms with Crippen molar-refractivity contribution in [1.82, 2.24) is 19.6 Å². The number of thiophene rings is 1. The van der Waals surface area contributed by atoms with E-state index >= 15 is 0 Å². The molecule has 0 atom stereocenters. The number of nitrogens with zero attached hydrogens (tertiary/aromatic N) is 6. The summed E-state index contributed by atoms with van der Waals surface area (Å²) in [5.41, 5.74) is 0.803. The van der Waals surface area contributed by atoms with Gasteiger partial charge in [0, 0.05) is 43.3 Å². The van der Waals surface area contributed by atoms with Crippen molar-refractivity contribution in [1.29, 1.82) is 0 Å². The Kier molecular flexibility index (Phi) is 4.29. The largest absolute Gasteiger partial charge is 0.360 e. The lowest BCUT2D eigenvalue weighted by Crippen LogP contribution is -2.49. The Hall–Kier alpha value is -2.94. The number of hydrogen-bond donors (Lipinski definition) is 1. The molecule has 1 aliphatic rings. The Bertz CT molecular complexity index is 961. The average molecular weight is 369 g/mol. The normalized spacial score (nSPS) is 14.7. The maximum absolute atomic E-state index is 12.3. The van der Waals surface area contributed by atoms with Crippen molar-refractivity contribution in [2.75, 3.05) is 41.8 Å². The average Bonchev–Trinajstić information content (AvgIpc) is 3.11. The quantitative estimate of drug-likeness (QED) is 0.691. The number of aryl methyl sites for hydroxylation is 1. The number of hydrogen-bond acceptors (Lipinski definition) is 8. The van der Waals surface area contributed by atoms with Crippen LogP contribution in [0.25, 0.3) is 11.4 Å². The second-order valence-electron chi connectivity index (χ2n) is 6.10. The summed E-state index contributed by atoms with van der Waals surface area (Å²) in [6, 6.07) is 7.42. The topological polar surface area (TPSA) is 93.2 Å². The summed E-state index contributed by atoms with van der Waals surface area (Å²) in [5.74, 6) is 6.43. The van der Waals surface area contributed by atoms with Crippen LogP contribution in [0.15, 0.2) is 41.6 Å². The molecule has 2 N–H and O–H groups in total. The number of aromatic nitrogens is 4. The molecule has 26 heavy (non-hydrogen) atoms. The SMILES string of the molecule is Cc1ccc(N2CCN(c3nc(-c4ccncn4)cc(=O)n3N)CC2)s1. The molecule has 4 rings (SSSR count). The van der Waals surface area contributed by atoms with Crippen LogP contribution < -0.4 is 21.2 Å². The molecule has 4 heterocycles. The molecule has 0 amide bonds. The Morgan fingerprint density at radius 1 is 1.08 bits per heavy atom. The van der Waals surface area contributed by atoms with E-state index in [9.17, 15) is 4.79 Å². The number of rotatable bonds is 3. The summed E-state index contributed by atoms with van der Waals surface area (Å²) in [4.78, 5) is 30.6. The first-order valence-electron chi connectivity index (χ1n) is 8.34. The van der Waals surface area contributed by atoms with Crippen LogP contribution >= 0.6 is 11.3 Å². The highest BCUT2D eigenvalue weighted by Gasteiger charge is 2.22. The van der Waals surface area contributed by atoms with Crippen LogP contribution in [-0.4, -0.2) is 45.8 Å². The molecule has 0 aliphatic carbocycles. The molecule has 8 nitrogen and oxygen atoms in total. The van der Waals surface area contributed by atoms with Crippen LogP contribution in [0.3, 0.4) is 0 Å². The molecule has 0 saturated carbocycles. The van der Waals surface area contributed by atoms with Crippen LogP contribution in [0.2, 0.25) is 0 Å². The Balaban J connectivity index is 1.58. The lowest BCUT2D eigenvalue weighted by Gasteiger charge is -2.36. The molecule has 0 spiro atoms. The van der Waals surface area contributed by atoms with Crippen LogP contribution in [0.1, 0.15) is 4.88 Å². The number of nitrogen functional groups attached to an aromatic ring is 1. The van der Waals surface area contributed by atoms with Crippen LogP contribution in [0.5, 0.6) is 0 Å². The Labute approximate surface area is 154 Å². The van der Waals surface area contributed by atoms with E-state index < -0.39 is 0 Å². The maximum atomic E-state index is 12.3. The Morgan fingerprint density at radius 3 is 2.50 bits per heavy atom. The molecule has 134 valence electrons. The zero-order valence-corrected chi connectivity index (χ0v) is 15.2. The summed E-state index contributed by atoms with van der Waals surface area (Å²) in [7, 11) is 0. The van der Waals surface area contributed by atoms with Gasteiger partial charge in [-0.05, 0) is 25.1 Å². The third-order valence-corrected chi connectivity index (χ3v) is 5.44. The molecule has 1 fully saturated rings. The molecule has 0 bridgehead atoms. The first-order chi connectivity index (χ1) is 12.6. The fraction of sp³-hybridized carbons (Fsp3) is 0.294. The number of anilines is 2. The molecule has 9 heteroatoms. The van der Waals surface area contributed by atoms with Gasteiger partial charge in [-0.1, -0.05) is 0 Å². The minimum atomic E-state index is -0.306. The van der Waals surface area contributed by atoms with Gasteiger partial charge in [-0.3, -0.25) is 4.79 Å². The third-order valence-electron chi connectivity index (χ3n) is 4.38. The standard InChI is InChI=1S/C17H19N7OS/c1-12-2-3-16(26-12)22-6-8-23(9-7-22)17-21-14(10-15(25)24(17)18)13-4-5-19-11-20-13/h2-5,10-11H,6-9,18H2,1H3. The van der Waals surface area contributed by atoms with Gasteiger partial charge < -0.3 is 15.6 Å². The first-order valence-corrected chi connectivity index (χ1v) is 9.15. The van der Waals surface area contributed by atoms with E-state index in [2.05, 4.69) is 38.9 Å². The number of piperazine rings is 1. The van der Waals surface area contributed by atoms with Crippen LogP contribution in [0.4, 0.5) is 10.9 Å². The summed E-state index contributed by atoms with van der Waals surface area (Å²) in [6.45, 7) is 5.31. The highest BCUT2D eigenvalue weighted by atomic mass is 32.1. The molecule has 1 saturated heterocycles. The van der Waals surface area contributed by atoms with Crippen molar-refractivity contribution in [3.63, 3.8) is 0 Å². The van der Waals surface area contributed by atoms with Crippen molar-refractivity contribution in [3.05, 3.63) is 52.0 Å². The van der Waals surface area contributed by atoms with Gasteiger partial charge in [-0.2, -0.15) is 4.68 Å². The van der Waals surface area contributed by atoms with E-state index in [1.165, 1.54) is 22.3 Å². The van der Waals surface area contributed by atoms with Crippen molar-refractivity contribution < 1.29 is 0 Å². The van der Waals surface area contributed by atoms with E-state index in [0.717, 1.165) is 30.9 Å². The van der Waals surface area contributed by atoms with Gasteiger partial charge in [-0.15, -0.1) is 11.3 Å². The lowest BCUT2D eigenvalue weighted by atomic mass is 10.3. The van der Waals surface area contributed by atoms with Gasteiger partial charge in [0.25, 0.3) is 5.56 Å². The zero-order chi connectivity index (χ0) is 18.1. The smallest absolute Gasteiger partial charge is 0.274 e. The summed E-state index contributed by atoms with van der Waals surface area (Å²) in [5, 5.41) is 1.27. The predicted molar refractivity (Wildman–Crippen MR) is 103 cm³/mol. The highest BCUT2D eigenvalue weighted by molar-refractivity contribution is 7.16. The molecule has 3 aromatic rings. The van der Waals surface area contributed by atoms with E-state index in [4.69, 9.17) is 5.84 Å². The van der Waals surface area contributed by atoms with Crippen molar-refractivity contribution >= 4 is 22.3 Å². The maximum Gasteiger partial charge on any atom is 0.274 e. The van der Waals surface area contributed by atoms with Crippen molar-refractivity contribution in [2.24, 2.45) is 0 Å². The summed E-state index contributed by atoms with van der Waals surface area (Å²) >= 11 is 1.79. The second kappa shape index (κ2) is 6.75. The molecule has 0 unspecified atom stereocenters. The third kappa shape index (κ3) is 3.13. The van der Waals surface area contributed by atoms with Gasteiger partial charge in [0.15, 0.2) is 0 Å². The van der Waals surface area contributed by atoms with E-state index in [1.54, 1.807) is 23.6 Å². The van der Waals surface area contributed by atoms with Gasteiger partial charge in [0.1, 0.15) is 6.33 Å². The molecular formula is C17H19N7OS. The Morgan fingerprint density at radius 2 is 1.85 bits per heavy atom. The van der Waals surface area contributed by atoms with Crippen LogP contribution in [0, 0.1) is 6.92 Å². The molecule has 3 aromatic heterocycles. The van der Waals surface area contributed by atoms with E-state index in [0.29, 0.717) is 17.3 Å². The van der Waals surface area contributed by atoms with Gasteiger partial charge >= 0.3 is 0 Å². The van der Waals surface area contributed by atoms with Gasteiger partial charge in [-0.25, -0.2) is 15.0 Å². The first kappa shape index (κ1) is 16.5. The van der Waals surface area contributed by atoms with E-state index in [1.807, 2.05) is 4.90 Å². The van der Waals surface area contributed by atoms with Gasteiger partial charge in [0.05, 0.1) is 16.4 Å². The van der Waals surface area contributed by atoms with E-state index in [-0.39, 0.29) is 5.56 Å². The zero-order valence-electron chi connectivity index (χ0n) is 14.4. The number of nitrogens with two attached hydrogens (primary N) is 1. The minimum absolute atomic E-state index is 0.306. The highest BCUT2D eigenvalue weighted by Crippen LogP contribution is 2.27. The summed E-state index contributed by atoms with van der Waals surface area (Å²) in [6.07, 6.45) is 3.06. The summed E-state index contributed by atoms with van der Waals surface area (Å²) < 4.78 is 1.11. The fourth-order valence-electron chi connectivity index (χ4n) is 2.99. The molecule has 0 aromatic carbocycles. The van der Waals surface area contributed by atoms with Crippen molar-refractivity contribution in [3.8, 4) is 11.4 Å². The van der Waals surface area contributed by atoms with Crippen molar-refractivity contribution in [2.45, 2.75) is 6.92 Å². The molecule has 0 radical (unpaired) electrons. The predicted octanol–water partition coefficient (Wildman–Crippen LogP) is 1.11. The second-order valence-corrected chi connectivity index (χ2v) is 7.37. The molecular weight excluding hydrogens is 350 g/mol. The fourth-order valence-corrected chi connectivity index (χ4v) is 3.91. The van der Waals surface area contributed by atoms with Gasteiger partial charge in [0.2, 0.25) is 5.95 Å². The lowest BCUT2D eigenvalue weighted by molar-refractivity contribution is 0.629. The monoisotopic (exact) mass is 369 g/mol. The minimum Gasteiger partial charge on any atom is -0.360 e. The van der Waals surface area contributed by atoms with Crippen LogP contribution in [-0.2, 0) is 0 Å². The molecule has 1 aliphatic heterocycles.